The standard InChI is InChI=1S/C13H14BrN5O/c14-10-4-15-19(5-10)11-6-18(7-11)13-3-9-8-20-2-1-12(9)16-17-13/h3-5,11H,1-2,6-8H2. The van der Waals surface area contributed by atoms with Crippen LogP contribution in [0, 0.1) is 0 Å². The van der Waals surface area contributed by atoms with Crippen LogP contribution >= 0.6 is 15.9 Å². The van der Waals surface area contributed by atoms with Crippen LogP contribution in [0.5, 0.6) is 0 Å². The van der Waals surface area contributed by atoms with E-state index in [1.54, 1.807) is 0 Å². The Morgan fingerprint density at radius 3 is 3.00 bits per heavy atom. The summed E-state index contributed by atoms with van der Waals surface area (Å²) in [7, 11) is 0. The van der Waals surface area contributed by atoms with E-state index in [1.807, 2.05) is 17.1 Å². The van der Waals surface area contributed by atoms with E-state index in [-0.39, 0.29) is 0 Å². The first-order valence-corrected chi connectivity index (χ1v) is 7.47. The largest absolute Gasteiger partial charge is 0.376 e. The van der Waals surface area contributed by atoms with Gasteiger partial charge in [-0.15, -0.1) is 5.10 Å². The molecule has 4 rings (SSSR count). The maximum atomic E-state index is 5.47. The average molecular weight is 336 g/mol. The van der Waals surface area contributed by atoms with Gasteiger partial charge in [-0.1, -0.05) is 0 Å². The van der Waals surface area contributed by atoms with Gasteiger partial charge < -0.3 is 9.64 Å². The van der Waals surface area contributed by atoms with E-state index in [2.05, 4.69) is 42.2 Å². The van der Waals surface area contributed by atoms with Crippen LogP contribution in [0.2, 0.25) is 0 Å². The van der Waals surface area contributed by atoms with Gasteiger partial charge in [0.1, 0.15) is 0 Å². The molecule has 104 valence electrons. The number of halogens is 1. The summed E-state index contributed by atoms with van der Waals surface area (Å²) < 4.78 is 8.48. The second kappa shape index (κ2) is 4.82. The van der Waals surface area contributed by atoms with Crippen molar-refractivity contribution in [2.45, 2.75) is 19.1 Å². The Hall–Kier alpha value is -1.47. The van der Waals surface area contributed by atoms with Crippen molar-refractivity contribution in [3.05, 3.63) is 34.2 Å². The predicted octanol–water partition coefficient (Wildman–Crippen LogP) is 1.57. The lowest BCUT2D eigenvalue weighted by Crippen LogP contribution is -2.48. The number of anilines is 1. The third-order valence-corrected chi connectivity index (χ3v) is 4.23. The first-order chi connectivity index (χ1) is 9.79. The zero-order chi connectivity index (χ0) is 13.5. The van der Waals surface area contributed by atoms with E-state index in [1.165, 1.54) is 5.56 Å². The van der Waals surface area contributed by atoms with Crippen molar-refractivity contribution in [1.29, 1.82) is 0 Å². The molecule has 4 heterocycles. The molecule has 2 aliphatic heterocycles. The molecule has 0 unspecified atom stereocenters. The van der Waals surface area contributed by atoms with E-state index < -0.39 is 0 Å². The summed E-state index contributed by atoms with van der Waals surface area (Å²) in [5.74, 6) is 0.941. The molecule has 0 saturated carbocycles. The van der Waals surface area contributed by atoms with Gasteiger partial charge in [-0.25, -0.2) is 0 Å². The Balaban J connectivity index is 1.48. The summed E-state index contributed by atoms with van der Waals surface area (Å²) in [6, 6.07) is 2.52. The highest BCUT2D eigenvalue weighted by molar-refractivity contribution is 9.10. The molecule has 0 N–H and O–H groups in total. The average Bonchev–Trinajstić information content (AvgIpc) is 2.83. The predicted molar refractivity (Wildman–Crippen MR) is 76.6 cm³/mol. The smallest absolute Gasteiger partial charge is 0.151 e. The van der Waals surface area contributed by atoms with Crippen LogP contribution in [0.1, 0.15) is 17.3 Å². The van der Waals surface area contributed by atoms with Crippen LogP contribution in [0.15, 0.2) is 22.9 Å². The number of fused-ring (bicyclic) bond motifs is 1. The quantitative estimate of drug-likeness (QED) is 0.833. The second-order valence-electron chi connectivity index (χ2n) is 5.17. The van der Waals surface area contributed by atoms with Crippen molar-refractivity contribution in [3.63, 3.8) is 0 Å². The summed E-state index contributed by atoms with van der Waals surface area (Å²) in [5, 5.41) is 13.0. The van der Waals surface area contributed by atoms with Crippen LogP contribution < -0.4 is 4.90 Å². The number of hydrogen-bond donors (Lipinski definition) is 0. The van der Waals surface area contributed by atoms with Crippen LogP contribution in [0.4, 0.5) is 5.82 Å². The Morgan fingerprint density at radius 1 is 1.30 bits per heavy atom. The van der Waals surface area contributed by atoms with Crippen molar-refractivity contribution in [3.8, 4) is 0 Å². The van der Waals surface area contributed by atoms with Crippen LogP contribution in [-0.2, 0) is 17.8 Å². The van der Waals surface area contributed by atoms with E-state index in [0.717, 1.165) is 42.1 Å². The molecule has 0 aliphatic carbocycles. The van der Waals surface area contributed by atoms with Crippen molar-refractivity contribution < 1.29 is 4.74 Å². The molecular weight excluding hydrogens is 322 g/mol. The van der Waals surface area contributed by atoms with Gasteiger partial charge in [-0.3, -0.25) is 4.68 Å². The zero-order valence-corrected chi connectivity index (χ0v) is 12.5. The van der Waals surface area contributed by atoms with Crippen molar-refractivity contribution in [2.75, 3.05) is 24.6 Å². The highest BCUT2D eigenvalue weighted by Gasteiger charge is 2.30. The number of aromatic nitrogens is 4. The van der Waals surface area contributed by atoms with Gasteiger partial charge in [-0.05, 0) is 22.0 Å². The van der Waals surface area contributed by atoms with E-state index in [0.29, 0.717) is 12.6 Å². The minimum absolute atomic E-state index is 0.412. The fourth-order valence-electron chi connectivity index (χ4n) is 2.61. The molecular formula is C13H14BrN5O. The minimum atomic E-state index is 0.412. The van der Waals surface area contributed by atoms with Gasteiger partial charge in [-0.2, -0.15) is 10.2 Å². The van der Waals surface area contributed by atoms with Gasteiger partial charge >= 0.3 is 0 Å². The maximum Gasteiger partial charge on any atom is 0.151 e. The number of rotatable bonds is 2. The Morgan fingerprint density at radius 2 is 2.20 bits per heavy atom. The Labute approximate surface area is 124 Å². The fraction of sp³-hybridized carbons (Fsp3) is 0.462. The monoisotopic (exact) mass is 335 g/mol. The molecule has 2 aromatic rings. The number of hydrogen-bond acceptors (Lipinski definition) is 5. The Kier molecular flexibility index (Phi) is 2.96. The third-order valence-electron chi connectivity index (χ3n) is 3.82. The van der Waals surface area contributed by atoms with Gasteiger partial charge in [0.15, 0.2) is 5.82 Å². The molecule has 2 aromatic heterocycles. The molecule has 0 atom stereocenters. The summed E-state index contributed by atoms with van der Waals surface area (Å²) in [5.41, 5.74) is 2.25. The van der Waals surface area contributed by atoms with Crippen LogP contribution in [0.25, 0.3) is 0 Å². The van der Waals surface area contributed by atoms with Crippen molar-refractivity contribution in [2.24, 2.45) is 0 Å². The molecule has 0 aromatic carbocycles. The first-order valence-electron chi connectivity index (χ1n) is 6.67. The summed E-state index contributed by atoms with van der Waals surface area (Å²) in [6.07, 6.45) is 4.69. The van der Waals surface area contributed by atoms with E-state index in [4.69, 9.17) is 4.74 Å². The highest BCUT2D eigenvalue weighted by Crippen LogP contribution is 2.28. The maximum absolute atomic E-state index is 5.47. The summed E-state index contributed by atoms with van der Waals surface area (Å²) in [4.78, 5) is 2.22. The third kappa shape index (κ3) is 2.10. The molecule has 20 heavy (non-hydrogen) atoms. The zero-order valence-electron chi connectivity index (χ0n) is 10.9. The van der Waals surface area contributed by atoms with Crippen molar-refractivity contribution >= 4 is 21.7 Å². The highest BCUT2D eigenvalue weighted by atomic mass is 79.9. The first kappa shape index (κ1) is 12.3. The summed E-state index contributed by atoms with van der Waals surface area (Å²) in [6.45, 7) is 3.24. The van der Waals surface area contributed by atoms with E-state index in [9.17, 15) is 0 Å². The SMILES string of the molecule is Brc1cnn(C2CN(c3cc4c(nn3)CCOC4)C2)c1. The molecule has 7 heteroatoms. The van der Waals surface area contributed by atoms with Gasteiger partial charge in [0.2, 0.25) is 0 Å². The fourth-order valence-corrected chi connectivity index (χ4v) is 2.91. The lowest BCUT2D eigenvalue weighted by Gasteiger charge is -2.40. The molecule has 1 saturated heterocycles. The molecule has 2 aliphatic rings. The number of nitrogens with zero attached hydrogens (tertiary/aromatic N) is 5. The minimum Gasteiger partial charge on any atom is -0.376 e. The van der Waals surface area contributed by atoms with Crippen LogP contribution in [0.3, 0.4) is 0 Å². The van der Waals surface area contributed by atoms with Gasteiger partial charge in [0.25, 0.3) is 0 Å². The lowest BCUT2D eigenvalue weighted by atomic mass is 10.1. The molecule has 0 amide bonds. The molecule has 1 fully saturated rings. The van der Waals surface area contributed by atoms with Crippen LogP contribution in [-0.4, -0.2) is 39.7 Å². The van der Waals surface area contributed by atoms with Gasteiger partial charge in [0.05, 0.1) is 35.6 Å². The van der Waals surface area contributed by atoms with Gasteiger partial charge in [0, 0.05) is 31.3 Å². The molecule has 6 nitrogen and oxygen atoms in total. The van der Waals surface area contributed by atoms with E-state index >= 15 is 0 Å². The molecule has 0 spiro atoms. The lowest BCUT2D eigenvalue weighted by molar-refractivity contribution is 0.108. The summed E-state index contributed by atoms with van der Waals surface area (Å²) >= 11 is 3.42. The number of ether oxygens (including phenoxy) is 1. The second-order valence-corrected chi connectivity index (χ2v) is 6.09. The molecule has 0 radical (unpaired) electrons. The molecule has 0 bridgehead atoms. The normalized spacial score (nSPS) is 18.8. The van der Waals surface area contributed by atoms with Crippen molar-refractivity contribution in [1.82, 2.24) is 20.0 Å². The topological polar surface area (TPSA) is 56.1 Å². The Bertz CT molecular complexity index is 637.